The predicted molar refractivity (Wildman–Crippen MR) is 156 cm³/mol. The highest BCUT2D eigenvalue weighted by molar-refractivity contribution is 14.1. The van der Waals surface area contributed by atoms with E-state index in [0.29, 0.717) is 29.6 Å². The fraction of sp³-hybridized carbons (Fsp3) is 0.222. The largest absolute Gasteiger partial charge is 0.490 e. The molecule has 1 saturated heterocycles. The Morgan fingerprint density at radius 3 is 2.40 bits per heavy atom. The van der Waals surface area contributed by atoms with Gasteiger partial charge in [-0.1, -0.05) is 58.9 Å². The van der Waals surface area contributed by atoms with Crippen molar-refractivity contribution in [3.05, 3.63) is 90.3 Å². The highest BCUT2D eigenvalue weighted by Crippen LogP contribution is 2.38. The van der Waals surface area contributed by atoms with Crippen LogP contribution in [-0.2, 0) is 17.8 Å². The van der Waals surface area contributed by atoms with E-state index < -0.39 is 0 Å². The fourth-order valence-electron chi connectivity index (χ4n) is 3.48. The van der Waals surface area contributed by atoms with Crippen LogP contribution in [0.4, 0.5) is 5.69 Å². The molecule has 1 aliphatic rings. The molecule has 3 aromatic carbocycles. The van der Waals surface area contributed by atoms with Crippen molar-refractivity contribution in [1.29, 1.82) is 0 Å². The lowest BCUT2D eigenvalue weighted by atomic mass is 10.1. The number of nitrogens with one attached hydrogen (secondary N) is 2. The molecule has 8 heteroatoms. The molecule has 0 saturated carbocycles. The number of hydrogen-bond donors (Lipinski definition) is 2. The Morgan fingerprint density at radius 2 is 1.71 bits per heavy atom. The Morgan fingerprint density at radius 1 is 1.03 bits per heavy atom. The summed E-state index contributed by atoms with van der Waals surface area (Å²) in [5.41, 5.74) is 3.94. The van der Waals surface area contributed by atoms with E-state index in [-0.39, 0.29) is 11.4 Å². The van der Waals surface area contributed by atoms with Gasteiger partial charge in [-0.05, 0) is 95.1 Å². The monoisotopic (exact) mass is 664 g/mol. The molecular formula is C27H26BrIN2O3S. The maximum Gasteiger partial charge on any atom is 0.260 e. The van der Waals surface area contributed by atoms with Gasteiger partial charge in [0.15, 0.2) is 17.0 Å². The number of carbonyl (C=O) groups excluding carboxylic acids is 1. The SMILES string of the molecule is CCOc1cc(/C=C2\S[C@@H](Nc3ccc(CC)cc3)NC2=O)c(Br)cc1OCc1ccc(I)cc1. The summed E-state index contributed by atoms with van der Waals surface area (Å²) in [6.45, 7) is 5.01. The summed E-state index contributed by atoms with van der Waals surface area (Å²) in [5, 5.41) is 6.35. The molecule has 1 fully saturated rings. The van der Waals surface area contributed by atoms with Gasteiger partial charge in [-0.3, -0.25) is 4.79 Å². The molecule has 1 amide bonds. The van der Waals surface area contributed by atoms with E-state index in [1.165, 1.54) is 20.9 Å². The first-order valence-corrected chi connectivity index (χ1v) is 14.1. The summed E-state index contributed by atoms with van der Waals surface area (Å²) in [6, 6.07) is 20.3. The first-order valence-electron chi connectivity index (χ1n) is 11.3. The molecule has 0 aromatic heterocycles. The van der Waals surface area contributed by atoms with E-state index in [9.17, 15) is 4.79 Å². The summed E-state index contributed by atoms with van der Waals surface area (Å²) in [6.07, 6.45) is 2.87. The maximum atomic E-state index is 12.6. The van der Waals surface area contributed by atoms with E-state index in [1.807, 2.05) is 37.3 Å². The van der Waals surface area contributed by atoms with E-state index in [2.05, 4.69) is 92.5 Å². The van der Waals surface area contributed by atoms with Gasteiger partial charge in [0.25, 0.3) is 5.91 Å². The van der Waals surface area contributed by atoms with E-state index in [0.717, 1.165) is 27.7 Å². The summed E-state index contributed by atoms with van der Waals surface area (Å²) < 4.78 is 13.9. The second kappa shape index (κ2) is 12.2. The number of ether oxygens (including phenoxy) is 2. The van der Waals surface area contributed by atoms with Crippen LogP contribution >= 0.6 is 50.3 Å². The van der Waals surface area contributed by atoms with Crippen molar-refractivity contribution in [2.45, 2.75) is 32.4 Å². The van der Waals surface area contributed by atoms with Crippen molar-refractivity contribution in [2.24, 2.45) is 0 Å². The summed E-state index contributed by atoms with van der Waals surface area (Å²) in [5.74, 6) is 1.18. The second-order valence-electron chi connectivity index (χ2n) is 7.84. The number of benzene rings is 3. The maximum absolute atomic E-state index is 12.6. The number of hydrogen-bond acceptors (Lipinski definition) is 5. The molecule has 1 heterocycles. The van der Waals surface area contributed by atoms with Crippen molar-refractivity contribution in [3.8, 4) is 11.5 Å². The number of aryl methyl sites for hydroxylation is 1. The molecule has 0 spiro atoms. The van der Waals surface area contributed by atoms with Gasteiger partial charge in [0.1, 0.15) is 6.61 Å². The van der Waals surface area contributed by atoms with Gasteiger partial charge >= 0.3 is 0 Å². The van der Waals surface area contributed by atoms with Gasteiger partial charge < -0.3 is 20.1 Å². The van der Waals surface area contributed by atoms with Gasteiger partial charge in [-0.15, -0.1) is 0 Å². The third kappa shape index (κ3) is 6.95. The van der Waals surface area contributed by atoms with Crippen LogP contribution in [0.2, 0.25) is 0 Å². The summed E-state index contributed by atoms with van der Waals surface area (Å²) >= 11 is 7.38. The van der Waals surface area contributed by atoms with Crippen LogP contribution < -0.4 is 20.1 Å². The van der Waals surface area contributed by atoms with Crippen molar-refractivity contribution < 1.29 is 14.3 Å². The van der Waals surface area contributed by atoms with Crippen LogP contribution in [-0.4, -0.2) is 18.0 Å². The topological polar surface area (TPSA) is 59.6 Å². The molecule has 35 heavy (non-hydrogen) atoms. The lowest BCUT2D eigenvalue weighted by Crippen LogP contribution is -2.30. The highest BCUT2D eigenvalue weighted by atomic mass is 127. The first-order chi connectivity index (χ1) is 16.9. The Balaban J connectivity index is 1.49. The van der Waals surface area contributed by atoms with E-state index >= 15 is 0 Å². The van der Waals surface area contributed by atoms with Crippen molar-refractivity contribution in [1.82, 2.24) is 5.32 Å². The Labute approximate surface area is 232 Å². The molecule has 2 N–H and O–H groups in total. The zero-order valence-electron chi connectivity index (χ0n) is 19.4. The van der Waals surface area contributed by atoms with E-state index in [4.69, 9.17) is 9.47 Å². The lowest BCUT2D eigenvalue weighted by Gasteiger charge is -2.14. The average Bonchev–Trinajstić information content (AvgIpc) is 3.20. The van der Waals surface area contributed by atoms with Crippen LogP contribution in [0, 0.1) is 3.57 Å². The molecule has 1 atom stereocenters. The number of halogens is 2. The minimum absolute atomic E-state index is 0.110. The molecule has 0 radical (unpaired) electrons. The fourth-order valence-corrected chi connectivity index (χ4v) is 5.25. The van der Waals surface area contributed by atoms with Crippen molar-refractivity contribution in [2.75, 3.05) is 11.9 Å². The van der Waals surface area contributed by atoms with Gasteiger partial charge in [0, 0.05) is 13.7 Å². The van der Waals surface area contributed by atoms with Gasteiger partial charge in [-0.25, -0.2) is 0 Å². The normalized spacial score (nSPS) is 16.3. The van der Waals surface area contributed by atoms with Crippen LogP contribution in [0.5, 0.6) is 11.5 Å². The number of anilines is 1. The third-order valence-electron chi connectivity index (χ3n) is 5.35. The minimum atomic E-state index is -0.233. The number of amides is 1. The van der Waals surface area contributed by atoms with Crippen LogP contribution in [0.15, 0.2) is 70.0 Å². The quantitative estimate of drug-likeness (QED) is 0.187. The van der Waals surface area contributed by atoms with Gasteiger partial charge in [0.05, 0.1) is 11.5 Å². The summed E-state index contributed by atoms with van der Waals surface area (Å²) in [4.78, 5) is 13.3. The lowest BCUT2D eigenvalue weighted by molar-refractivity contribution is -0.116. The van der Waals surface area contributed by atoms with Crippen LogP contribution in [0.3, 0.4) is 0 Å². The smallest absolute Gasteiger partial charge is 0.260 e. The number of carbonyl (C=O) groups is 1. The predicted octanol–water partition coefficient (Wildman–Crippen LogP) is 7.19. The third-order valence-corrected chi connectivity index (χ3v) is 7.78. The van der Waals surface area contributed by atoms with Gasteiger partial charge in [-0.2, -0.15) is 0 Å². The molecular weight excluding hydrogens is 639 g/mol. The van der Waals surface area contributed by atoms with Gasteiger partial charge in [0.2, 0.25) is 0 Å². The van der Waals surface area contributed by atoms with Crippen molar-refractivity contribution >= 4 is 68.0 Å². The molecule has 0 unspecified atom stereocenters. The van der Waals surface area contributed by atoms with Crippen LogP contribution in [0.1, 0.15) is 30.5 Å². The molecule has 1 aliphatic heterocycles. The zero-order valence-corrected chi connectivity index (χ0v) is 24.0. The minimum Gasteiger partial charge on any atom is -0.490 e. The average molecular weight is 665 g/mol. The Bertz CT molecular complexity index is 1220. The van der Waals surface area contributed by atoms with Crippen LogP contribution in [0.25, 0.3) is 6.08 Å². The first kappa shape index (κ1) is 25.9. The molecule has 5 nitrogen and oxygen atoms in total. The van der Waals surface area contributed by atoms with E-state index in [1.54, 1.807) is 0 Å². The second-order valence-corrected chi connectivity index (χ2v) is 11.1. The highest BCUT2D eigenvalue weighted by Gasteiger charge is 2.27. The Kier molecular flexibility index (Phi) is 9.02. The molecule has 182 valence electrons. The molecule has 0 aliphatic carbocycles. The number of thioether (sulfide) groups is 1. The number of rotatable bonds is 9. The molecule has 3 aromatic rings. The Hall–Kier alpha value is -2.17. The standard InChI is InChI=1S/C27H26BrIN2O3S/c1-3-17-7-11-21(12-8-17)30-27-31-26(32)25(35-27)14-19-13-23(33-4-2)24(15-22(19)28)34-16-18-5-9-20(29)10-6-18/h5-15,27,30H,3-4,16H2,1-2H3,(H,31,32)/b25-14-/t27-/m0/s1. The molecule has 4 rings (SSSR count). The summed E-state index contributed by atoms with van der Waals surface area (Å²) in [7, 11) is 0. The zero-order chi connectivity index (χ0) is 24.8. The van der Waals surface area contributed by atoms with Crippen molar-refractivity contribution in [3.63, 3.8) is 0 Å². The molecule has 0 bridgehead atoms.